The summed E-state index contributed by atoms with van der Waals surface area (Å²) in [6, 6.07) is 7.43. The fraction of sp³-hybridized carbons (Fsp3) is 0.158. The zero-order valence-corrected chi connectivity index (χ0v) is 16.3. The van der Waals surface area contributed by atoms with Crippen molar-refractivity contribution in [3.63, 3.8) is 0 Å². The summed E-state index contributed by atoms with van der Waals surface area (Å²) in [6.07, 6.45) is 0.990. The Kier molecular flexibility index (Phi) is 5.88. The van der Waals surface area contributed by atoms with Gasteiger partial charge in [-0.3, -0.25) is 4.79 Å². The topological polar surface area (TPSA) is 104 Å². The number of halogens is 3. The van der Waals surface area contributed by atoms with Gasteiger partial charge < -0.3 is 21.1 Å². The highest BCUT2D eigenvalue weighted by atomic mass is 35.5. The lowest BCUT2D eigenvalue weighted by Gasteiger charge is -2.17. The molecule has 2 heterocycles. The maximum Gasteiger partial charge on any atom is 0.270 e. The number of amides is 1. The standard InChI is InChI=1S/C19H17Cl2FN4O2/c1-9-16(12-6-15(21)24-7-13(12)22)17(23)18(25-9)19(28)26-14(8-27)10-3-2-4-11(20)5-10/h2-7,14,25,27H,8,23H2,1H3,(H,26,28)/t14-/m1/s1. The number of aliphatic hydroxyl groups is 1. The molecule has 28 heavy (non-hydrogen) atoms. The van der Waals surface area contributed by atoms with Crippen LogP contribution in [-0.4, -0.2) is 27.6 Å². The van der Waals surface area contributed by atoms with E-state index in [4.69, 9.17) is 28.9 Å². The van der Waals surface area contributed by atoms with Crippen LogP contribution in [0.15, 0.2) is 36.5 Å². The number of hydrogen-bond donors (Lipinski definition) is 4. The molecule has 2 aromatic heterocycles. The molecule has 0 aliphatic heterocycles. The van der Waals surface area contributed by atoms with Gasteiger partial charge in [0.05, 0.1) is 24.5 Å². The van der Waals surface area contributed by atoms with Gasteiger partial charge in [-0.05, 0) is 30.7 Å². The van der Waals surface area contributed by atoms with Gasteiger partial charge >= 0.3 is 0 Å². The van der Waals surface area contributed by atoms with E-state index in [1.54, 1.807) is 31.2 Å². The van der Waals surface area contributed by atoms with Crippen molar-refractivity contribution in [2.45, 2.75) is 13.0 Å². The van der Waals surface area contributed by atoms with E-state index in [1.807, 2.05) is 0 Å². The molecule has 0 saturated heterocycles. The number of H-pyrrole nitrogens is 1. The van der Waals surface area contributed by atoms with Gasteiger partial charge in [0.15, 0.2) is 0 Å². The molecule has 0 radical (unpaired) electrons. The molecule has 1 amide bonds. The minimum absolute atomic E-state index is 0.0558. The van der Waals surface area contributed by atoms with Crippen LogP contribution in [0.25, 0.3) is 11.1 Å². The van der Waals surface area contributed by atoms with E-state index < -0.39 is 17.8 Å². The lowest BCUT2D eigenvalue weighted by molar-refractivity contribution is 0.0912. The number of carbonyl (C=O) groups is 1. The van der Waals surface area contributed by atoms with Crippen molar-refractivity contribution >= 4 is 34.8 Å². The number of hydrogen-bond acceptors (Lipinski definition) is 4. The molecule has 0 bridgehead atoms. The quantitative estimate of drug-likeness (QED) is 0.468. The maximum atomic E-state index is 14.2. The molecule has 9 heteroatoms. The molecule has 146 valence electrons. The van der Waals surface area contributed by atoms with E-state index in [9.17, 15) is 14.3 Å². The van der Waals surface area contributed by atoms with Gasteiger partial charge in [-0.1, -0.05) is 35.3 Å². The van der Waals surface area contributed by atoms with Gasteiger partial charge in [-0.2, -0.15) is 0 Å². The van der Waals surface area contributed by atoms with Crippen LogP contribution in [0, 0.1) is 12.7 Å². The van der Waals surface area contributed by atoms with Crippen molar-refractivity contribution in [3.05, 3.63) is 69.5 Å². The van der Waals surface area contributed by atoms with Crippen molar-refractivity contribution < 1.29 is 14.3 Å². The molecule has 3 rings (SSSR count). The van der Waals surface area contributed by atoms with Crippen molar-refractivity contribution in [3.8, 4) is 11.1 Å². The third kappa shape index (κ3) is 3.96. The molecule has 0 saturated carbocycles. The minimum atomic E-state index is -0.690. The Hall–Kier alpha value is -2.61. The van der Waals surface area contributed by atoms with Crippen LogP contribution >= 0.6 is 23.2 Å². The molecule has 5 N–H and O–H groups in total. The SMILES string of the molecule is Cc1[nH]c(C(=O)N[C@H](CO)c2cccc(Cl)c2)c(N)c1-c1cc(Cl)ncc1F. The van der Waals surface area contributed by atoms with Crippen molar-refractivity contribution in [1.82, 2.24) is 15.3 Å². The fourth-order valence-electron chi connectivity index (χ4n) is 2.96. The van der Waals surface area contributed by atoms with Crippen molar-refractivity contribution in [2.24, 2.45) is 0 Å². The Balaban J connectivity index is 1.94. The molecule has 1 aromatic carbocycles. The van der Waals surface area contributed by atoms with Gasteiger partial charge in [0, 0.05) is 21.8 Å². The second-order valence-corrected chi connectivity index (χ2v) is 6.99. The molecule has 1 atom stereocenters. The van der Waals surface area contributed by atoms with Crippen LogP contribution < -0.4 is 11.1 Å². The molecule has 0 fully saturated rings. The molecule has 0 spiro atoms. The number of nitrogen functional groups attached to an aromatic ring is 1. The van der Waals surface area contributed by atoms with E-state index in [2.05, 4.69) is 15.3 Å². The number of aromatic nitrogens is 2. The summed E-state index contributed by atoms with van der Waals surface area (Å²) in [7, 11) is 0. The fourth-order valence-corrected chi connectivity index (χ4v) is 3.32. The molecular formula is C19H17Cl2FN4O2. The van der Waals surface area contributed by atoms with E-state index >= 15 is 0 Å². The van der Waals surface area contributed by atoms with Crippen LogP contribution in [0.5, 0.6) is 0 Å². The van der Waals surface area contributed by atoms with Crippen LogP contribution in [0.2, 0.25) is 10.2 Å². The van der Waals surface area contributed by atoms with Gasteiger partial charge in [0.25, 0.3) is 5.91 Å². The average Bonchev–Trinajstić information content (AvgIpc) is 2.96. The number of anilines is 1. The normalized spacial score (nSPS) is 12.0. The summed E-state index contributed by atoms with van der Waals surface area (Å²) in [6.45, 7) is 1.32. The summed E-state index contributed by atoms with van der Waals surface area (Å²) >= 11 is 11.8. The van der Waals surface area contributed by atoms with E-state index in [-0.39, 0.29) is 28.7 Å². The highest BCUT2D eigenvalue weighted by Crippen LogP contribution is 2.35. The van der Waals surface area contributed by atoms with Gasteiger partial charge in [-0.15, -0.1) is 0 Å². The summed E-state index contributed by atoms with van der Waals surface area (Å²) in [5.41, 5.74) is 7.85. The predicted octanol–water partition coefficient (Wildman–Crippen LogP) is 3.88. The number of carbonyl (C=O) groups excluding carboxylic acids is 1. The van der Waals surface area contributed by atoms with E-state index in [0.29, 0.717) is 21.8 Å². The molecule has 0 aliphatic carbocycles. The molecule has 0 aliphatic rings. The Bertz CT molecular complexity index is 1040. The number of nitrogens with zero attached hydrogens (tertiary/aromatic N) is 1. The van der Waals surface area contributed by atoms with Gasteiger partial charge in [-0.25, -0.2) is 9.37 Å². The second-order valence-electron chi connectivity index (χ2n) is 6.16. The van der Waals surface area contributed by atoms with E-state index in [0.717, 1.165) is 6.20 Å². The Morgan fingerprint density at radius 2 is 2.14 bits per heavy atom. The Morgan fingerprint density at radius 3 is 2.82 bits per heavy atom. The zero-order valence-electron chi connectivity index (χ0n) is 14.8. The first-order valence-electron chi connectivity index (χ1n) is 8.28. The Morgan fingerprint density at radius 1 is 1.39 bits per heavy atom. The number of rotatable bonds is 5. The molecule has 6 nitrogen and oxygen atoms in total. The number of benzene rings is 1. The monoisotopic (exact) mass is 422 g/mol. The highest BCUT2D eigenvalue weighted by Gasteiger charge is 2.24. The summed E-state index contributed by atoms with van der Waals surface area (Å²) in [5.74, 6) is -1.16. The lowest BCUT2D eigenvalue weighted by Crippen LogP contribution is -2.31. The number of nitrogens with two attached hydrogens (primary N) is 1. The number of aromatic amines is 1. The summed E-state index contributed by atoms with van der Waals surface area (Å²) in [5, 5.41) is 12.9. The predicted molar refractivity (Wildman–Crippen MR) is 107 cm³/mol. The lowest BCUT2D eigenvalue weighted by atomic mass is 10.0. The number of nitrogens with one attached hydrogen (secondary N) is 2. The second kappa shape index (κ2) is 8.18. The largest absolute Gasteiger partial charge is 0.396 e. The van der Waals surface area contributed by atoms with Gasteiger partial charge in [0.1, 0.15) is 16.7 Å². The molecular weight excluding hydrogens is 406 g/mol. The minimum Gasteiger partial charge on any atom is -0.396 e. The first kappa shape index (κ1) is 20.1. The van der Waals surface area contributed by atoms with Gasteiger partial charge in [0.2, 0.25) is 0 Å². The average molecular weight is 423 g/mol. The van der Waals surface area contributed by atoms with Crippen LogP contribution in [0.3, 0.4) is 0 Å². The smallest absolute Gasteiger partial charge is 0.270 e. The number of aliphatic hydroxyl groups excluding tert-OH is 1. The Labute approximate surface area is 170 Å². The van der Waals surface area contributed by atoms with Crippen molar-refractivity contribution in [1.29, 1.82) is 0 Å². The van der Waals surface area contributed by atoms with E-state index in [1.165, 1.54) is 6.07 Å². The zero-order chi connectivity index (χ0) is 20.4. The molecule has 3 aromatic rings. The summed E-state index contributed by atoms with van der Waals surface area (Å²) in [4.78, 5) is 19.3. The van der Waals surface area contributed by atoms with Crippen LogP contribution in [-0.2, 0) is 0 Å². The van der Waals surface area contributed by atoms with Crippen molar-refractivity contribution in [2.75, 3.05) is 12.3 Å². The third-order valence-corrected chi connectivity index (χ3v) is 4.73. The summed E-state index contributed by atoms with van der Waals surface area (Å²) < 4.78 is 14.2. The number of aryl methyl sites for hydroxylation is 1. The first-order chi connectivity index (χ1) is 13.3. The number of pyridine rings is 1. The maximum absolute atomic E-state index is 14.2. The van der Waals surface area contributed by atoms with Crippen LogP contribution in [0.1, 0.15) is 27.8 Å². The first-order valence-corrected chi connectivity index (χ1v) is 9.04. The van der Waals surface area contributed by atoms with Crippen LogP contribution in [0.4, 0.5) is 10.1 Å². The third-order valence-electron chi connectivity index (χ3n) is 4.28. The molecule has 0 unspecified atom stereocenters. The highest BCUT2D eigenvalue weighted by molar-refractivity contribution is 6.30.